The molecule has 0 radical (unpaired) electrons. The quantitative estimate of drug-likeness (QED) is 0.435. The van der Waals surface area contributed by atoms with Gasteiger partial charge in [-0.2, -0.15) is 17.0 Å². The van der Waals surface area contributed by atoms with Crippen LogP contribution in [0.25, 0.3) is 28.2 Å². The Morgan fingerprint density at radius 1 is 0.911 bits per heavy atom. The number of rotatable bonds is 6. The Balaban J connectivity index is 1.47. The number of nitrogens with zero attached hydrogens (tertiary/aromatic N) is 4. The van der Waals surface area contributed by atoms with Crippen LogP contribution in [0, 0.1) is 0 Å². The highest BCUT2D eigenvalue weighted by atomic mass is 32.2. The van der Waals surface area contributed by atoms with Gasteiger partial charge < -0.3 is 9.47 Å². The lowest BCUT2D eigenvalue weighted by atomic mass is 9.81. The molecule has 11 nitrogen and oxygen atoms in total. The van der Waals surface area contributed by atoms with Gasteiger partial charge >= 0.3 is 10.2 Å². The van der Waals surface area contributed by atoms with Crippen molar-refractivity contribution >= 4 is 49.0 Å². The van der Waals surface area contributed by atoms with Crippen LogP contribution in [0.4, 0.5) is 0 Å². The normalized spacial score (nSPS) is 18.3. The first-order chi connectivity index (χ1) is 21.3. The molecule has 1 aromatic heterocycles. The standard InChI is InChI=1S/C32H39N5O6S2/c1-34(2)45(42,43)33-31(38)24-13-14-27-28(20-24)37-21-25(32(39)35-15-17-36(18-16-35)44(3,40)41)19-23-11-7-8-12-26(23)30(37)29(27)22-9-5-4-6-10-22/h7-8,11-14,19-20,22H,4-6,9-10,15-18,21H2,1-3H3,(H,33,38). The molecule has 1 saturated heterocycles. The maximum atomic E-state index is 14.1. The fourth-order valence-corrected chi connectivity index (χ4v) is 8.20. The summed E-state index contributed by atoms with van der Waals surface area (Å²) >= 11 is 0. The molecule has 0 atom stereocenters. The summed E-state index contributed by atoms with van der Waals surface area (Å²) in [6.45, 7) is 1.32. The largest absolute Gasteiger partial charge is 0.336 e. The van der Waals surface area contributed by atoms with E-state index >= 15 is 0 Å². The summed E-state index contributed by atoms with van der Waals surface area (Å²) in [7, 11) is -4.63. The highest BCUT2D eigenvalue weighted by molar-refractivity contribution is 7.88. The molecule has 0 unspecified atom stereocenters. The molecule has 3 aliphatic rings. The Kier molecular flexibility index (Phi) is 8.40. The molecule has 240 valence electrons. The number of hydrogen-bond acceptors (Lipinski definition) is 6. The maximum Gasteiger partial charge on any atom is 0.303 e. The predicted octanol–water partition coefficient (Wildman–Crippen LogP) is 3.39. The molecule has 1 aliphatic carbocycles. The van der Waals surface area contributed by atoms with Gasteiger partial charge in [0, 0.05) is 67.9 Å². The molecule has 1 saturated carbocycles. The zero-order valence-corrected chi connectivity index (χ0v) is 27.5. The number of fused-ring (bicyclic) bond motifs is 5. The van der Waals surface area contributed by atoms with E-state index in [4.69, 9.17) is 0 Å². The van der Waals surface area contributed by atoms with Crippen LogP contribution in [-0.2, 0) is 31.6 Å². The third-order valence-corrected chi connectivity index (χ3v) is 11.9. The molecular formula is C32H39N5O6S2. The van der Waals surface area contributed by atoms with Gasteiger partial charge in [0.15, 0.2) is 0 Å². The van der Waals surface area contributed by atoms with E-state index in [1.807, 2.05) is 30.3 Å². The molecule has 2 amide bonds. The Hall–Kier alpha value is -3.52. The summed E-state index contributed by atoms with van der Waals surface area (Å²) in [5.41, 5.74) is 5.67. The Morgan fingerprint density at radius 3 is 2.27 bits per heavy atom. The average molecular weight is 654 g/mol. The second-order valence-corrected chi connectivity index (χ2v) is 16.2. The van der Waals surface area contributed by atoms with E-state index in [-0.39, 0.29) is 31.1 Å². The minimum atomic E-state index is -3.99. The minimum Gasteiger partial charge on any atom is -0.336 e. The number of aromatic nitrogens is 1. The molecule has 2 fully saturated rings. The van der Waals surface area contributed by atoms with Crippen molar-refractivity contribution in [3.8, 4) is 11.3 Å². The smallest absolute Gasteiger partial charge is 0.303 e. The van der Waals surface area contributed by atoms with Crippen molar-refractivity contribution in [2.45, 2.75) is 44.6 Å². The van der Waals surface area contributed by atoms with Gasteiger partial charge in [0.1, 0.15) is 0 Å². The van der Waals surface area contributed by atoms with E-state index in [1.54, 1.807) is 17.0 Å². The third kappa shape index (κ3) is 6.06. The lowest BCUT2D eigenvalue weighted by Gasteiger charge is -2.33. The fourth-order valence-electron chi connectivity index (χ4n) is 6.84. The topological polar surface area (TPSA) is 129 Å². The molecule has 2 aliphatic heterocycles. The van der Waals surface area contributed by atoms with Gasteiger partial charge in [-0.25, -0.2) is 13.1 Å². The van der Waals surface area contributed by atoms with Gasteiger partial charge in [0.25, 0.3) is 11.8 Å². The van der Waals surface area contributed by atoms with Crippen LogP contribution < -0.4 is 4.72 Å². The fraction of sp³-hybridized carbons (Fsp3) is 0.438. The molecule has 6 rings (SSSR count). The molecule has 3 aromatic rings. The second-order valence-electron chi connectivity index (χ2n) is 12.3. The van der Waals surface area contributed by atoms with Crippen molar-refractivity contribution in [1.29, 1.82) is 0 Å². The molecule has 0 spiro atoms. The minimum absolute atomic E-state index is 0.155. The van der Waals surface area contributed by atoms with Crippen LogP contribution in [-0.4, -0.2) is 93.3 Å². The number of sulfonamides is 1. The van der Waals surface area contributed by atoms with E-state index in [9.17, 15) is 26.4 Å². The zero-order valence-electron chi connectivity index (χ0n) is 25.8. The van der Waals surface area contributed by atoms with Crippen molar-refractivity contribution in [3.05, 3.63) is 64.7 Å². The van der Waals surface area contributed by atoms with Crippen molar-refractivity contribution in [1.82, 2.24) is 22.8 Å². The van der Waals surface area contributed by atoms with Crippen molar-refractivity contribution in [2.24, 2.45) is 0 Å². The predicted molar refractivity (Wildman–Crippen MR) is 174 cm³/mol. The van der Waals surface area contributed by atoms with Crippen LogP contribution in [0.15, 0.2) is 48.0 Å². The SMILES string of the molecule is CN(C)S(=O)(=O)NC(=O)c1ccc2c(C3CCCCC3)c3n(c2c1)CC(C(=O)N1CCN(S(C)(=O)=O)CC1)=Cc1ccccc1-3. The van der Waals surface area contributed by atoms with Crippen LogP contribution in [0.1, 0.15) is 59.5 Å². The summed E-state index contributed by atoms with van der Waals surface area (Å²) in [6, 6.07) is 13.3. The number of amides is 2. The van der Waals surface area contributed by atoms with Crippen LogP contribution in [0.3, 0.4) is 0 Å². The molecular weight excluding hydrogens is 615 g/mol. The monoisotopic (exact) mass is 653 g/mol. The highest BCUT2D eigenvalue weighted by Gasteiger charge is 2.33. The van der Waals surface area contributed by atoms with Crippen LogP contribution in [0.2, 0.25) is 0 Å². The summed E-state index contributed by atoms with van der Waals surface area (Å²) < 4.78 is 55.6. The molecule has 1 N–H and O–H groups in total. The van der Waals surface area contributed by atoms with Crippen LogP contribution >= 0.6 is 0 Å². The van der Waals surface area contributed by atoms with Gasteiger partial charge in [-0.3, -0.25) is 9.59 Å². The zero-order chi connectivity index (χ0) is 32.1. The Morgan fingerprint density at radius 2 is 1.60 bits per heavy atom. The number of hydrogen-bond donors (Lipinski definition) is 1. The first kappa shape index (κ1) is 31.5. The third-order valence-electron chi connectivity index (χ3n) is 9.23. The van der Waals surface area contributed by atoms with Gasteiger partial charge in [-0.1, -0.05) is 49.6 Å². The number of benzene rings is 2. The van der Waals surface area contributed by atoms with E-state index in [0.717, 1.165) is 57.7 Å². The lowest BCUT2D eigenvalue weighted by molar-refractivity contribution is -0.128. The molecule has 45 heavy (non-hydrogen) atoms. The molecule has 2 aromatic carbocycles. The lowest BCUT2D eigenvalue weighted by Crippen LogP contribution is -2.50. The van der Waals surface area contributed by atoms with Gasteiger partial charge in [0.2, 0.25) is 10.0 Å². The van der Waals surface area contributed by atoms with Gasteiger partial charge in [-0.15, -0.1) is 0 Å². The first-order valence-electron chi connectivity index (χ1n) is 15.3. The maximum absolute atomic E-state index is 14.1. The Bertz CT molecular complexity index is 1920. The summed E-state index contributed by atoms with van der Waals surface area (Å²) in [5, 5.41) is 0.995. The van der Waals surface area contributed by atoms with E-state index < -0.39 is 26.1 Å². The molecule has 13 heteroatoms. The van der Waals surface area contributed by atoms with Crippen molar-refractivity contribution < 1.29 is 26.4 Å². The Labute approximate surface area is 264 Å². The first-order valence-corrected chi connectivity index (χ1v) is 18.6. The summed E-state index contributed by atoms with van der Waals surface area (Å²) in [4.78, 5) is 29.0. The highest BCUT2D eigenvalue weighted by Crippen LogP contribution is 2.46. The van der Waals surface area contributed by atoms with Crippen LogP contribution in [0.5, 0.6) is 0 Å². The molecule has 0 bridgehead atoms. The van der Waals surface area contributed by atoms with Gasteiger partial charge in [-0.05, 0) is 48.1 Å². The number of carbonyl (C=O) groups is 2. The van der Waals surface area contributed by atoms with E-state index in [1.165, 1.54) is 36.6 Å². The number of nitrogens with one attached hydrogen (secondary N) is 1. The number of carbonyl (C=O) groups excluding carboxylic acids is 2. The summed E-state index contributed by atoms with van der Waals surface area (Å²) in [6.07, 6.45) is 8.65. The van der Waals surface area contributed by atoms with Crippen molar-refractivity contribution in [3.63, 3.8) is 0 Å². The molecule has 3 heterocycles. The van der Waals surface area contributed by atoms with E-state index in [2.05, 4.69) is 15.4 Å². The number of piperazine rings is 1. The second kappa shape index (κ2) is 12.0. The van der Waals surface area contributed by atoms with E-state index in [0.29, 0.717) is 24.6 Å². The average Bonchev–Trinajstić information content (AvgIpc) is 3.22. The van der Waals surface area contributed by atoms with Gasteiger partial charge in [0.05, 0.1) is 18.5 Å². The van der Waals surface area contributed by atoms with Crippen molar-refractivity contribution in [2.75, 3.05) is 46.5 Å². The summed E-state index contributed by atoms with van der Waals surface area (Å²) in [5.74, 6) is -0.580.